The fraction of sp³-hybridized carbons (Fsp3) is 0.467. The van der Waals surface area contributed by atoms with Crippen molar-refractivity contribution in [1.82, 2.24) is 5.43 Å². The van der Waals surface area contributed by atoms with Gasteiger partial charge in [0.2, 0.25) is 0 Å². The molecule has 0 aromatic heterocycles. The molecule has 1 aromatic carbocycles. The molecule has 1 aliphatic rings. The molecule has 0 fully saturated rings. The molecule has 1 heterocycles. The van der Waals surface area contributed by atoms with Crippen LogP contribution in [0.25, 0.3) is 0 Å². The van der Waals surface area contributed by atoms with Gasteiger partial charge in [0.25, 0.3) is 0 Å². The van der Waals surface area contributed by atoms with Crippen LogP contribution in [0, 0.1) is 0 Å². The van der Waals surface area contributed by atoms with E-state index in [0.29, 0.717) is 0 Å². The first-order chi connectivity index (χ1) is 9.35. The van der Waals surface area contributed by atoms with Gasteiger partial charge < -0.3 is 9.47 Å². The number of nitrogens with two attached hydrogens (primary N) is 1. The van der Waals surface area contributed by atoms with Crippen molar-refractivity contribution in [3.63, 3.8) is 0 Å². The zero-order valence-electron chi connectivity index (χ0n) is 11.4. The number of hydrazine groups is 1. The van der Waals surface area contributed by atoms with E-state index < -0.39 is 0 Å². The van der Waals surface area contributed by atoms with Crippen LogP contribution in [0.2, 0.25) is 0 Å². The molecule has 0 aliphatic carbocycles. The van der Waals surface area contributed by atoms with Crippen LogP contribution in [0.3, 0.4) is 0 Å². The van der Waals surface area contributed by atoms with Gasteiger partial charge in [-0.1, -0.05) is 19.1 Å². The molecule has 0 radical (unpaired) electrons. The minimum absolute atomic E-state index is 0.00882. The number of ether oxygens (including phenoxy) is 2. The molecule has 19 heavy (non-hydrogen) atoms. The van der Waals surface area contributed by atoms with Crippen LogP contribution in [0.1, 0.15) is 37.8 Å². The van der Waals surface area contributed by atoms with Crippen LogP contribution in [-0.2, 0) is 4.74 Å². The highest BCUT2D eigenvalue weighted by Crippen LogP contribution is 2.29. The van der Waals surface area contributed by atoms with Crippen LogP contribution < -0.4 is 16.0 Å². The molecule has 1 atom stereocenters. The van der Waals surface area contributed by atoms with Crippen LogP contribution in [0.4, 0.5) is 0 Å². The minimum atomic E-state index is -0.00882. The Hall–Kier alpha value is -1.52. The zero-order valence-corrected chi connectivity index (χ0v) is 11.4. The molecule has 4 heteroatoms. The Balaban J connectivity index is 2.15. The zero-order chi connectivity index (χ0) is 13.5. The summed E-state index contributed by atoms with van der Waals surface area (Å²) >= 11 is 0. The van der Waals surface area contributed by atoms with Gasteiger partial charge in [-0.15, -0.1) is 0 Å². The summed E-state index contributed by atoms with van der Waals surface area (Å²) in [7, 11) is 0. The summed E-state index contributed by atoms with van der Waals surface area (Å²) in [6.45, 7) is 3.62. The summed E-state index contributed by atoms with van der Waals surface area (Å²) in [6, 6.07) is 8.05. The molecule has 1 aromatic rings. The van der Waals surface area contributed by atoms with Gasteiger partial charge >= 0.3 is 0 Å². The third-order valence-electron chi connectivity index (χ3n) is 3.16. The number of hydrogen-bond donors (Lipinski definition) is 2. The molecule has 0 amide bonds. The van der Waals surface area contributed by atoms with Gasteiger partial charge in [-0.05, 0) is 42.5 Å². The predicted molar refractivity (Wildman–Crippen MR) is 75.6 cm³/mol. The van der Waals surface area contributed by atoms with Gasteiger partial charge in [-0.25, -0.2) is 5.43 Å². The first-order valence-corrected chi connectivity index (χ1v) is 6.84. The van der Waals surface area contributed by atoms with E-state index in [1.807, 2.05) is 24.5 Å². The summed E-state index contributed by atoms with van der Waals surface area (Å²) in [5, 5.41) is 0. The second-order valence-corrected chi connectivity index (χ2v) is 4.69. The first-order valence-electron chi connectivity index (χ1n) is 6.84. The van der Waals surface area contributed by atoms with Crippen molar-refractivity contribution in [3.8, 4) is 5.75 Å². The van der Waals surface area contributed by atoms with Crippen molar-refractivity contribution in [2.75, 3.05) is 13.2 Å². The largest absolute Gasteiger partial charge is 0.501 e. The molecule has 0 spiro atoms. The molecule has 104 valence electrons. The lowest BCUT2D eigenvalue weighted by Gasteiger charge is -2.23. The molecular formula is C15H22N2O2. The number of hydrogen-bond acceptors (Lipinski definition) is 4. The normalized spacial score (nSPS) is 16.4. The average molecular weight is 262 g/mol. The van der Waals surface area contributed by atoms with Crippen molar-refractivity contribution in [2.24, 2.45) is 5.84 Å². The van der Waals surface area contributed by atoms with Crippen LogP contribution in [-0.4, -0.2) is 13.2 Å². The first kappa shape index (κ1) is 13.9. The van der Waals surface area contributed by atoms with Gasteiger partial charge in [-0.3, -0.25) is 5.84 Å². The highest BCUT2D eigenvalue weighted by molar-refractivity contribution is 5.34. The van der Waals surface area contributed by atoms with Crippen molar-refractivity contribution >= 4 is 0 Å². The lowest BCUT2D eigenvalue weighted by molar-refractivity contribution is 0.219. The standard InChI is InChI=1S/C15H22N2O2/c1-2-8-19-14-7-3-5-12(10-14)15(17-16)13-6-4-9-18-11-13/h3,5,7,10-11,15,17H,2,4,6,8-9,16H2,1H3. The second-order valence-electron chi connectivity index (χ2n) is 4.69. The van der Waals surface area contributed by atoms with Gasteiger partial charge in [0.1, 0.15) is 5.75 Å². The van der Waals surface area contributed by atoms with Gasteiger partial charge in [0.15, 0.2) is 0 Å². The second kappa shape index (κ2) is 7.16. The third kappa shape index (κ3) is 3.72. The molecule has 4 nitrogen and oxygen atoms in total. The number of nitrogens with one attached hydrogen (secondary N) is 1. The molecular weight excluding hydrogens is 240 g/mol. The van der Waals surface area contributed by atoms with Crippen LogP contribution >= 0.6 is 0 Å². The van der Waals surface area contributed by atoms with Gasteiger partial charge in [-0.2, -0.15) is 0 Å². The lowest BCUT2D eigenvalue weighted by Crippen LogP contribution is -2.30. The SMILES string of the molecule is CCCOc1cccc(C(NN)C2=COCCC2)c1. The van der Waals surface area contributed by atoms with Crippen molar-refractivity contribution < 1.29 is 9.47 Å². The van der Waals surface area contributed by atoms with E-state index in [4.69, 9.17) is 15.3 Å². The quantitative estimate of drug-likeness (QED) is 0.611. The van der Waals surface area contributed by atoms with E-state index in [2.05, 4.69) is 18.4 Å². The summed E-state index contributed by atoms with van der Waals surface area (Å²) < 4.78 is 11.1. The Labute approximate surface area is 114 Å². The van der Waals surface area contributed by atoms with E-state index in [9.17, 15) is 0 Å². The van der Waals surface area contributed by atoms with Crippen LogP contribution in [0.5, 0.6) is 5.75 Å². The maximum absolute atomic E-state index is 5.70. The van der Waals surface area contributed by atoms with Gasteiger partial charge in [0.05, 0.1) is 25.5 Å². The Morgan fingerprint density at radius 2 is 2.37 bits per heavy atom. The van der Waals surface area contributed by atoms with E-state index in [1.165, 1.54) is 5.57 Å². The molecule has 1 aliphatic heterocycles. The average Bonchev–Trinajstić information content (AvgIpc) is 2.47. The summed E-state index contributed by atoms with van der Waals surface area (Å²) in [4.78, 5) is 0. The predicted octanol–water partition coefficient (Wildman–Crippen LogP) is 2.67. The highest BCUT2D eigenvalue weighted by atomic mass is 16.5. The van der Waals surface area contributed by atoms with E-state index in [1.54, 1.807) is 0 Å². The Kier molecular flexibility index (Phi) is 5.24. The third-order valence-corrected chi connectivity index (χ3v) is 3.16. The van der Waals surface area contributed by atoms with Gasteiger partial charge in [0, 0.05) is 0 Å². The Morgan fingerprint density at radius 3 is 3.05 bits per heavy atom. The maximum atomic E-state index is 5.70. The topological polar surface area (TPSA) is 56.5 Å². The fourth-order valence-corrected chi connectivity index (χ4v) is 2.22. The number of rotatable bonds is 6. The maximum Gasteiger partial charge on any atom is 0.119 e. The van der Waals surface area contributed by atoms with Crippen molar-refractivity contribution in [1.29, 1.82) is 0 Å². The van der Waals surface area contributed by atoms with Crippen molar-refractivity contribution in [2.45, 2.75) is 32.2 Å². The van der Waals surface area contributed by atoms with Crippen molar-refractivity contribution in [3.05, 3.63) is 41.7 Å². The van der Waals surface area contributed by atoms with E-state index >= 15 is 0 Å². The summed E-state index contributed by atoms with van der Waals surface area (Å²) in [6.07, 6.45) is 4.88. The molecule has 1 unspecified atom stereocenters. The Morgan fingerprint density at radius 1 is 1.47 bits per heavy atom. The summed E-state index contributed by atoms with van der Waals surface area (Å²) in [5.41, 5.74) is 5.15. The van der Waals surface area contributed by atoms with E-state index in [-0.39, 0.29) is 6.04 Å². The van der Waals surface area contributed by atoms with E-state index in [0.717, 1.165) is 43.8 Å². The fourth-order valence-electron chi connectivity index (χ4n) is 2.22. The lowest BCUT2D eigenvalue weighted by atomic mass is 9.96. The number of benzene rings is 1. The monoisotopic (exact) mass is 262 g/mol. The van der Waals surface area contributed by atoms with Crippen LogP contribution in [0.15, 0.2) is 36.1 Å². The molecule has 2 rings (SSSR count). The highest BCUT2D eigenvalue weighted by Gasteiger charge is 2.18. The molecule has 0 saturated carbocycles. The molecule has 0 bridgehead atoms. The Bertz CT molecular complexity index is 432. The smallest absolute Gasteiger partial charge is 0.119 e. The molecule has 3 N–H and O–H groups in total. The minimum Gasteiger partial charge on any atom is -0.501 e. The summed E-state index contributed by atoms with van der Waals surface area (Å²) in [5.74, 6) is 6.58. The molecule has 0 saturated heterocycles.